The molecule has 0 aliphatic heterocycles. The van der Waals surface area contributed by atoms with Crippen LogP contribution in [0.1, 0.15) is 0 Å². The molecule has 1 nitrogen and oxygen atoms in total. The van der Waals surface area contributed by atoms with Crippen LogP contribution in [0.4, 0.5) is 13.2 Å². The highest BCUT2D eigenvalue weighted by atomic mass is 19.4. The molecule has 0 amide bonds. The molecule has 0 bridgehead atoms. The van der Waals surface area contributed by atoms with Crippen molar-refractivity contribution < 1.29 is 13.2 Å². The summed E-state index contributed by atoms with van der Waals surface area (Å²) in [5.74, 6) is 0. The lowest BCUT2D eigenvalue weighted by molar-refractivity contribution is -0.0800. The van der Waals surface area contributed by atoms with Crippen LogP contribution in [0.25, 0.3) is 0 Å². The van der Waals surface area contributed by atoms with Gasteiger partial charge >= 0.3 is 6.18 Å². The van der Waals surface area contributed by atoms with Crippen LogP contribution < -0.4 is 0 Å². The molecule has 0 aromatic rings. The SMILES string of the molecule is N=C1C=CC=C/C1=C/C(F)(F)F. The Morgan fingerprint density at radius 3 is 2.25 bits per heavy atom. The van der Waals surface area contributed by atoms with Crippen LogP contribution in [0.5, 0.6) is 0 Å². The van der Waals surface area contributed by atoms with E-state index in [9.17, 15) is 13.2 Å². The molecule has 4 heteroatoms. The van der Waals surface area contributed by atoms with Gasteiger partial charge in [0.25, 0.3) is 0 Å². The fraction of sp³-hybridized carbons (Fsp3) is 0.125. The van der Waals surface area contributed by atoms with E-state index in [-0.39, 0.29) is 17.4 Å². The first kappa shape index (κ1) is 8.77. The Balaban J connectivity index is 2.90. The van der Waals surface area contributed by atoms with Gasteiger partial charge in [-0.25, -0.2) is 0 Å². The number of nitrogens with one attached hydrogen (secondary N) is 1. The van der Waals surface area contributed by atoms with E-state index >= 15 is 0 Å². The van der Waals surface area contributed by atoms with Gasteiger partial charge < -0.3 is 5.41 Å². The quantitative estimate of drug-likeness (QED) is 0.582. The Hall–Kier alpha value is -1.32. The molecule has 0 saturated heterocycles. The van der Waals surface area contributed by atoms with Crippen molar-refractivity contribution in [1.82, 2.24) is 0 Å². The smallest absolute Gasteiger partial charge is 0.300 e. The van der Waals surface area contributed by atoms with E-state index in [0.717, 1.165) is 0 Å². The molecule has 0 heterocycles. The Kier molecular flexibility index (Phi) is 2.17. The summed E-state index contributed by atoms with van der Waals surface area (Å²) in [5.41, 5.74) is -0.222. The first-order chi connectivity index (χ1) is 5.49. The van der Waals surface area contributed by atoms with Crippen molar-refractivity contribution in [2.24, 2.45) is 0 Å². The lowest BCUT2D eigenvalue weighted by Gasteiger charge is -2.05. The zero-order valence-electron chi connectivity index (χ0n) is 6.02. The maximum atomic E-state index is 11.8. The number of hydrogen-bond donors (Lipinski definition) is 1. The van der Waals surface area contributed by atoms with Gasteiger partial charge in [-0.2, -0.15) is 13.2 Å². The monoisotopic (exact) mass is 173 g/mol. The highest BCUT2D eigenvalue weighted by molar-refractivity contribution is 6.09. The molecule has 0 radical (unpaired) electrons. The van der Waals surface area contributed by atoms with E-state index < -0.39 is 6.18 Å². The topological polar surface area (TPSA) is 23.9 Å². The lowest BCUT2D eigenvalue weighted by Crippen LogP contribution is -2.07. The van der Waals surface area contributed by atoms with E-state index in [1.807, 2.05) is 0 Å². The summed E-state index contributed by atoms with van der Waals surface area (Å²) in [6.45, 7) is 0. The largest absolute Gasteiger partial charge is 0.410 e. The van der Waals surface area contributed by atoms with Crippen molar-refractivity contribution >= 4 is 5.71 Å². The molecule has 12 heavy (non-hydrogen) atoms. The van der Waals surface area contributed by atoms with Crippen LogP contribution >= 0.6 is 0 Å². The number of hydrogen-bond acceptors (Lipinski definition) is 1. The molecule has 1 N–H and O–H groups in total. The van der Waals surface area contributed by atoms with Crippen molar-refractivity contribution in [2.45, 2.75) is 6.18 Å². The number of halogens is 3. The zero-order chi connectivity index (χ0) is 9.19. The van der Waals surface area contributed by atoms with Crippen molar-refractivity contribution in [3.8, 4) is 0 Å². The Morgan fingerprint density at radius 2 is 1.75 bits per heavy atom. The van der Waals surface area contributed by atoms with E-state index in [2.05, 4.69) is 0 Å². The highest BCUT2D eigenvalue weighted by Crippen LogP contribution is 2.20. The minimum absolute atomic E-state index is 0.106. The summed E-state index contributed by atoms with van der Waals surface area (Å²) < 4.78 is 35.3. The Morgan fingerprint density at radius 1 is 1.17 bits per heavy atom. The summed E-state index contributed by atoms with van der Waals surface area (Å²) in [5, 5.41) is 7.12. The van der Waals surface area contributed by atoms with E-state index in [1.165, 1.54) is 24.3 Å². The van der Waals surface area contributed by atoms with Gasteiger partial charge in [-0.3, -0.25) is 0 Å². The van der Waals surface area contributed by atoms with Gasteiger partial charge in [0.05, 0.1) is 5.71 Å². The molecule has 1 aliphatic carbocycles. The van der Waals surface area contributed by atoms with E-state index in [4.69, 9.17) is 5.41 Å². The summed E-state index contributed by atoms with van der Waals surface area (Å²) in [7, 11) is 0. The number of alkyl halides is 3. The normalized spacial score (nSPS) is 20.6. The summed E-state index contributed by atoms with van der Waals surface area (Å²) in [6, 6.07) is 0. The van der Waals surface area contributed by atoms with Crippen LogP contribution in [0, 0.1) is 5.41 Å². The summed E-state index contributed by atoms with van der Waals surface area (Å²) >= 11 is 0. The third-order valence-electron chi connectivity index (χ3n) is 1.28. The fourth-order valence-electron chi connectivity index (χ4n) is 0.799. The maximum absolute atomic E-state index is 11.8. The van der Waals surface area contributed by atoms with Gasteiger partial charge in [-0.1, -0.05) is 18.2 Å². The molecule has 1 aliphatic rings. The standard InChI is InChI=1S/C8H6F3N/c9-8(10,11)5-6-3-1-2-4-7(6)12/h1-5,12H/b6-5-,12-7?. The third-order valence-corrected chi connectivity index (χ3v) is 1.28. The molecule has 0 spiro atoms. The van der Waals surface area contributed by atoms with Gasteiger partial charge in [-0.05, 0) is 6.08 Å². The predicted octanol–water partition coefficient (Wildman–Crippen LogP) is 2.62. The molecule has 64 valence electrons. The fourth-order valence-corrected chi connectivity index (χ4v) is 0.799. The second kappa shape index (κ2) is 2.97. The van der Waals surface area contributed by atoms with Crippen molar-refractivity contribution in [2.75, 3.05) is 0 Å². The zero-order valence-corrected chi connectivity index (χ0v) is 6.02. The Labute approximate surface area is 67.4 Å². The molecule has 0 atom stereocenters. The van der Waals surface area contributed by atoms with Crippen LogP contribution in [0.2, 0.25) is 0 Å². The Bertz CT molecular complexity index is 281. The van der Waals surface area contributed by atoms with Gasteiger partial charge in [0, 0.05) is 11.6 Å². The minimum atomic E-state index is -4.35. The predicted molar refractivity (Wildman–Crippen MR) is 40.1 cm³/mol. The second-order valence-corrected chi connectivity index (χ2v) is 2.27. The molecule has 0 aromatic carbocycles. The molecule has 0 unspecified atom stereocenters. The van der Waals surface area contributed by atoms with Gasteiger partial charge in [0.15, 0.2) is 0 Å². The summed E-state index contributed by atoms with van der Waals surface area (Å²) in [4.78, 5) is 0. The third kappa shape index (κ3) is 2.38. The molecule has 0 aromatic heterocycles. The highest BCUT2D eigenvalue weighted by Gasteiger charge is 2.24. The van der Waals surface area contributed by atoms with E-state index in [0.29, 0.717) is 0 Å². The molecular formula is C8H6F3N. The average Bonchev–Trinajstić information content (AvgIpc) is 1.91. The minimum Gasteiger partial charge on any atom is -0.300 e. The lowest BCUT2D eigenvalue weighted by atomic mass is 10.1. The van der Waals surface area contributed by atoms with Crippen LogP contribution in [-0.4, -0.2) is 11.9 Å². The first-order valence-corrected chi connectivity index (χ1v) is 3.22. The van der Waals surface area contributed by atoms with Gasteiger partial charge in [-0.15, -0.1) is 0 Å². The first-order valence-electron chi connectivity index (χ1n) is 3.22. The van der Waals surface area contributed by atoms with Crippen LogP contribution in [0.3, 0.4) is 0 Å². The van der Waals surface area contributed by atoms with Crippen LogP contribution in [-0.2, 0) is 0 Å². The second-order valence-electron chi connectivity index (χ2n) is 2.27. The number of rotatable bonds is 0. The molecule has 1 rings (SSSR count). The van der Waals surface area contributed by atoms with Crippen LogP contribution in [0.15, 0.2) is 36.0 Å². The summed E-state index contributed by atoms with van der Waals surface area (Å²) in [6.07, 6.45) is 1.34. The van der Waals surface area contributed by atoms with Crippen molar-refractivity contribution in [3.63, 3.8) is 0 Å². The maximum Gasteiger partial charge on any atom is 0.410 e. The van der Waals surface area contributed by atoms with Crippen molar-refractivity contribution in [1.29, 1.82) is 5.41 Å². The van der Waals surface area contributed by atoms with Gasteiger partial charge in [0.2, 0.25) is 0 Å². The molecular weight excluding hydrogens is 167 g/mol. The van der Waals surface area contributed by atoms with Gasteiger partial charge in [0.1, 0.15) is 0 Å². The average molecular weight is 173 g/mol. The van der Waals surface area contributed by atoms with E-state index in [1.54, 1.807) is 0 Å². The molecule has 0 fully saturated rings. The molecule has 0 saturated carbocycles. The number of allylic oxidation sites excluding steroid dienone is 6. The van der Waals surface area contributed by atoms with Crippen molar-refractivity contribution in [3.05, 3.63) is 36.0 Å².